The summed E-state index contributed by atoms with van der Waals surface area (Å²) in [5.41, 5.74) is 2.89. The molecule has 40 heavy (non-hydrogen) atoms. The number of ketones is 1. The fourth-order valence-electron chi connectivity index (χ4n) is 4.51. The molecule has 0 aliphatic rings. The van der Waals surface area contributed by atoms with Crippen LogP contribution in [0.4, 0.5) is 10.1 Å². The van der Waals surface area contributed by atoms with Crippen LogP contribution in [-0.2, 0) is 22.7 Å². The summed E-state index contributed by atoms with van der Waals surface area (Å²) in [6.45, 7) is 1.36. The Balaban J connectivity index is 1.58. The van der Waals surface area contributed by atoms with Crippen LogP contribution in [0.1, 0.15) is 34.5 Å². The number of hydrogen-bond acceptors (Lipinski definition) is 5. The number of Topliss-reactive ketones (excluding diaryl/α,β-unsaturated/α-hetero) is 1. The standard InChI is InChI=1S/C31H26FN5O3/c1-21(38)23-15-17-24(18-16-23)37(29(39)20-36-28-14-8-7-13-27(28)34-35-36)30(25-11-5-6-12-26(25)32)31(40)33-19-22-9-3-2-4-10-22/h2-18,30H,19-20H2,1H3,(H,33,40)/t30-/m1/s1. The highest BCUT2D eigenvalue weighted by atomic mass is 19.1. The normalized spacial score (nSPS) is 11.7. The van der Waals surface area contributed by atoms with Gasteiger partial charge < -0.3 is 5.32 Å². The minimum absolute atomic E-state index is 0.0282. The molecule has 0 unspecified atom stereocenters. The minimum atomic E-state index is -1.35. The van der Waals surface area contributed by atoms with E-state index in [2.05, 4.69) is 15.6 Å². The van der Waals surface area contributed by atoms with Gasteiger partial charge in [-0.2, -0.15) is 0 Å². The number of carbonyl (C=O) groups is 3. The van der Waals surface area contributed by atoms with Gasteiger partial charge in [0.15, 0.2) is 5.78 Å². The van der Waals surface area contributed by atoms with E-state index in [9.17, 15) is 14.4 Å². The molecule has 0 fully saturated rings. The summed E-state index contributed by atoms with van der Waals surface area (Å²) in [4.78, 5) is 41.0. The van der Waals surface area contributed by atoms with Gasteiger partial charge in [-0.1, -0.05) is 65.9 Å². The van der Waals surface area contributed by atoms with Gasteiger partial charge >= 0.3 is 0 Å². The molecule has 1 heterocycles. The zero-order valence-corrected chi connectivity index (χ0v) is 21.7. The number of amides is 2. The van der Waals surface area contributed by atoms with Crippen molar-refractivity contribution in [1.82, 2.24) is 20.3 Å². The highest BCUT2D eigenvalue weighted by Gasteiger charge is 2.35. The average Bonchev–Trinajstić information content (AvgIpc) is 3.38. The first-order chi connectivity index (χ1) is 19.4. The highest BCUT2D eigenvalue weighted by Crippen LogP contribution is 2.31. The number of fused-ring (bicyclic) bond motifs is 1. The summed E-state index contributed by atoms with van der Waals surface area (Å²) < 4.78 is 16.7. The van der Waals surface area contributed by atoms with E-state index < -0.39 is 23.7 Å². The number of hydrogen-bond donors (Lipinski definition) is 1. The lowest BCUT2D eigenvalue weighted by atomic mass is 10.0. The van der Waals surface area contributed by atoms with Gasteiger partial charge in [-0.3, -0.25) is 19.3 Å². The van der Waals surface area contributed by atoms with Crippen molar-refractivity contribution < 1.29 is 18.8 Å². The molecule has 1 atom stereocenters. The monoisotopic (exact) mass is 535 g/mol. The Labute approximate surface area is 230 Å². The summed E-state index contributed by atoms with van der Waals surface area (Å²) in [5, 5.41) is 11.1. The van der Waals surface area contributed by atoms with E-state index in [0.29, 0.717) is 22.3 Å². The van der Waals surface area contributed by atoms with E-state index in [0.717, 1.165) is 5.56 Å². The van der Waals surface area contributed by atoms with Gasteiger partial charge in [0.05, 0.1) is 5.52 Å². The maximum Gasteiger partial charge on any atom is 0.249 e. The van der Waals surface area contributed by atoms with Gasteiger partial charge in [0.1, 0.15) is 23.9 Å². The van der Waals surface area contributed by atoms with Crippen LogP contribution in [-0.4, -0.2) is 32.6 Å². The van der Waals surface area contributed by atoms with Gasteiger partial charge in [-0.15, -0.1) is 5.10 Å². The summed E-state index contributed by atoms with van der Waals surface area (Å²) in [7, 11) is 0. The van der Waals surface area contributed by atoms with Crippen molar-refractivity contribution in [2.24, 2.45) is 0 Å². The van der Waals surface area contributed by atoms with E-state index in [1.54, 1.807) is 42.5 Å². The van der Waals surface area contributed by atoms with Crippen molar-refractivity contribution in [2.75, 3.05) is 4.90 Å². The molecule has 0 bridgehead atoms. The van der Waals surface area contributed by atoms with Gasteiger partial charge in [0, 0.05) is 23.4 Å². The number of anilines is 1. The summed E-state index contributed by atoms with van der Waals surface area (Å²) in [5.74, 6) is -1.87. The first kappa shape index (κ1) is 26.4. The molecule has 0 radical (unpaired) electrons. The maximum absolute atomic E-state index is 15.3. The topological polar surface area (TPSA) is 97.2 Å². The lowest BCUT2D eigenvalue weighted by Crippen LogP contribution is -2.45. The van der Waals surface area contributed by atoms with Gasteiger partial charge in [0.2, 0.25) is 11.8 Å². The molecule has 8 nitrogen and oxygen atoms in total. The number of benzene rings is 4. The third kappa shape index (κ3) is 5.63. The molecule has 0 saturated heterocycles. The van der Waals surface area contributed by atoms with Crippen LogP contribution in [0, 0.1) is 5.82 Å². The smallest absolute Gasteiger partial charge is 0.249 e. The number of aromatic nitrogens is 3. The van der Waals surface area contributed by atoms with Crippen LogP contribution in [0.15, 0.2) is 103 Å². The van der Waals surface area contributed by atoms with Crippen LogP contribution >= 0.6 is 0 Å². The Morgan fingerprint density at radius 2 is 1.55 bits per heavy atom. The molecule has 0 aliphatic heterocycles. The van der Waals surface area contributed by atoms with E-state index in [4.69, 9.17) is 0 Å². The molecule has 5 aromatic rings. The summed E-state index contributed by atoms with van der Waals surface area (Å²) >= 11 is 0. The predicted molar refractivity (Wildman–Crippen MR) is 149 cm³/mol. The molecule has 2 amide bonds. The third-order valence-electron chi connectivity index (χ3n) is 6.54. The number of halogens is 1. The predicted octanol–water partition coefficient (Wildman–Crippen LogP) is 4.86. The lowest BCUT2D eigenvalue weighted by Gasteiger charge is -2.32. The number of nitrogens with zero attached hydrogens (tertiary/aromatic N) is 4. The van der Waals surface area contributed by atoms with Crippen molar-refractivity contribution >= 4 is 34.3 Å². The third-order valence-corrected chi connectivity index (χ3v) is 6.54. The van der Waals surface area contributed by atoms with Gasteiger partial charge in [-0.05, 0) is 55.0 Å². The molecule has 0 aliphatic carbocycles. The van der Waals surface area contributed by atoms with Crippen LogP contribution < -0.4 is 10.2 Å². The Hall–Kier alpha value is -5.18. The minimum Gasteiger partial charge on any atom is -0.350 e. The molecular formula is C31H26FN5O3. The summed E-state index contributed by atoms with van der Waals surface area (Å²) in [6, 6.07) is 27.3. The zero-order valence-electron chi connectivity index (χ0n) is 21.7. The van der Waals surface area contributed by atoms with Crippen LogP contribution in [0.2, 0.25) is 0 Å². The molecule has 1 aromatic heterocycles. The van der Waals surface area contributed by atoms with Gasteiger partial charge in [-0.25, -0.2) is 9.07 Å². The molecule has 5 rings (SSSR count). The second-order valence-corrected chi connectivity index (χ2v) is 9.23. The number of rotatable bonds is 9. The van der Waals surface area contributed by atoms with Crippen molar-refractivity contribution in [3.8, 4) is 0 Å². The Morgan fingerprint density at radius 1 is 0.875 bits per heavy atom. The lowest BCUT2D eigenvalue weighted by molar-refractivity contribution is -0.127. The Morgan fingerprint density at radius 3 is 2.27 bits per heavy atom. The quantitative estimate of drug-likeness (QED) is 0.272. The number of nitrogens with one attached hydrogen (secondary N) is 1. The number of carbonyl (C=O) groups excluding carboxylic acids is 3. The van der Waals surface area contributed by atoms with Crippen LogP contribution in [0.5, 0.6) is 0 Å². The Kier molecular flexibility index (Phi) is 7.72. The van der Waals surface area contributed by atoms with E-state index in [-0.39, 0.29) is 24.4 Å². The zero-order chi connectivity index (χ0) is 28.1. The van der Waals surface area contributed by atoms with E-state index >= 15 is 4.39 Å². The maximum atomic E-state index is 15.3. The highest BCUT2D eigenvalue weighted by molar-refractivity contribution is 6.02. The van der Waals surface area contributed by atoms with Crippen molar-refractivity contribution in [3.05, 3.63) is 126 Å². The number of para-hydroxylation sites is 1. The van der Waals surface area contributed by atoms with E-state index in [1.165, 1.54) is 34.7 Å². The second kappa shape index (κ2) is 11.7. The molecule has 200 valence electrons. The van der Waals surface area contributed by atoms with Crippen LogP contribution in [0.25, 0.3) is 11.0 Å². The molecule has 9 heteroatoms. The fourth-order valence-corrected chi connectivity index (χ4v) is 4.51. The largest absolute Gasteiger partial charge is 0.350 e. The second-order valence-electron chi connectivity index (χ2n) is 9.23. The molecule has 0 spiro atoms. The SMILES string of the molecule is CC(=O)c1ccc(N(C(=O)Cn2nnc3ccccc32)[C@@H](C(=O)NCc2ccccc2)c2ccccc2F)cc1. The first-order valence-corrected chi connectivity index (χ1v) is 12.7. The van der Waals surface area contributed by atoms with Crippen LogP contribution in [0.3, 0.4) is 0 Å². The molecule has 0 saturated carbocycles. The van der Waals surface area contributed by atoms with Crippen molar-refractivity contribution in [3.63, 3.8) is 0 Å². The molecular weight excluding hydrogens is 509 g/mol. The first-order valence-electron chi connectivity index (χ1n) is 12.7. The van der Waals surface area contributed by atoms with Crippen molar-refractivity contribution in [2.45, 2.75) is 26.1 Å². The fraction of sp³-hybridized carbons (Fsp3) is 0.129. The molecule has 4 aromatic carbocycles. The van der Waals surface area contributed by atoms with E-state index in [1.807, 2.05) is 42.5 Å². The Bertz CT molecular complexity index is 1670. The van der Waals surface area contributed by atoms with Gasteiger partial charge in [0.25, 0.3) is 0 Å². The average molecular weight is 536 g/mol. The van der Waals surface area contributed by atoms with Crippen molar-refractivity contribution in [1.29, 1.82) is 0 Å². The molecule has 1 N–H and O–H groups in total. The summed E-state index contributed by atoms with van der Waals surface area (Å²) in [6.07, 6.45) is 0.